The minimum absolute atomic E-state index is 0.0465. The lowest BCUT2D eigenvalue weighted by molar-refractivity contribution is -0.116. The summed E-state index contributed by atoms with van der Waals surface area (Å²) >= 11 is 0. The van der Waals surface area contributed by atoms with Gasteiger partial charge in [-0.25, -0.2) is 9.50 Å². The Labute approximate surface area is 133 Å². The van der Waals surface area contributed by atoms with Gasteiger partial charge >= 0.3 is 0 Å². The normalized spacial score (nSPS) is 17.3. The van der Waals surface area contributed by atoms with Crippen LogP contribution >= 0.6 is 0 Å². The monoisotopic (exact) mass is 310 g/mol. The number of hydrogen-bond acceptors (Lipinski definition) is 4. The van der Waals surface area contributed by atoms with Crippen LogP contribution in [0.15, 0.2) is 22.6 Å². The molecule has 0 aliphatic carbocycles. The fourth-order valence-electron chi connectivity index (χ4n) is 3.24. The van der Waals surface area contributed by atoms with Crippen LogP contribution in [0.5, 0.6) is 0 Å². The molecule has 4 heterocycles. The molecule has 1 aliphatic rings. The van der Waals surface area contributed by atoms with E-state index in [0.29, 0.717) is 12.2 Å². The van der Waals surface area contributed by atoms with E-state index in [1.807, 2.05) is 39.0 Å². The molecular formula is C17H18N4O2. The number of rotatable bonds is 2. The van der Waals surface area contributed by atoms with Gasteiger partial charge in [0.2, 0.25) is 5.91 Å². The molecule has 3 aromatic rings. The molecule has 6 nitrogen and oxygen atoms in total. The summed E-state index contributed by atoms with van der Waals surface area (Å²) in [5.74, 6) is 2.11. The first kappa shape index (κ1) is 14.0. The summed E-state index contributed by atoms with van der Waals surface area (Å²) in [4.78, 5) is 16.7. The average Bonchev–Trinajstić information content (AvgIpc) is 3.11. The maximum Gasteiger partial charge on any atom is 0.226 e. The predicted octanol–water partition coefficient (Wildman–Crippen LogP) is 2.98. The summed E-state index contributed by atoms with van der Waals surface area (Å²) in [7, 11) is 0. The molecule has 1 amide bonds. The first-order valence-corrected chi connectivity index (χ1v) is 7.82. The Bertz CT molecular complexity index is 922. The van der Waals surface area contributed by atoms with Gasteiger partial charge in [-0.3, -0.25) is 4.79 Å². The van der Waals surface area contributed by atoms with Crippen LogP contribution in [-0.2, 0) is 11.2 Å². The van der Waals surface area contributed by atoms with Crippen molar-refractivity contribution in [3.8, 4) is 0 Å². The van der Waals surface area contributed by atoms with Crippen molar-refractivity contribution in [2.24, 2.45) is 0 Å². The summed E-state index contributed by atoms with van der Waals surface area (Å²) < 4.78 is 7.70. The van der Waals surface area contributed by atoms with Crippen LogP contribution in [0.25, 0.3) is 5.65 Å². The molecule has 4 rings (SSSR count). The molecule has 0 radical (unpaired) electrons. The largest absolute Gasteiger partial charge is 0.465 e. The average molecular weight is 310 g/mol. The van der Waals surface area contributed by atoms with Crippen LogP contribution in [0.4, 0.5) is 5.82 Å². The molecule has 6 heteroatoms. The Hall–Kier alpha value is -2.63. The molecule has 0 saturated carbocycles. The fourth-order valence-corrected chi connectivity index (χ4v) is 3.24. The van der Waals surface area contributed by atoms with Gasteiger partial charge in [-0.05, 0) is 32.0 Å². The van der Waals surface area contributed by atoms with Gasteiger partial charge in [0, 0.05) is 24.2 Å². The lowest BCUT2D eigenvalue weighted by atomic mass is 9.91. The second-order valence-corrected chi connectivity index (χ2v) is 6.00. The zero-order chi connectivity index (χ0) is 16.1. The van der Waals surface area contributed by atoms with Gasteiger partial charge in [-0.15, -0.1) is 5.10 Å². The van der Waals surface area contributed by atoms with Crippen molar-refractivity contribution in [1.82, 2.24) is 14.6 Å². The highest BCUT2D eigenvalue weighted by molar-refractivity contribution is 5.95. The van der Waals surface area contributed by atoms with E-state index in [0.717, 1.165) is 40.5 Å². The topological polar surface area (TPSA) is 72.4 Å². The lowest BCUT2D eigenvalue weighted by Gasteiger charge is -2.19. The molecule has 0 fully saturated rings. The van der Waals surface area contributed by atoms with Crippen LogP contribution in [0.3, 0.4) is 0 Å². The summed E-state index contributed by atoms with van der Waals surface area (Å²) in [6.07, 6.45) is 1.18. The van der Waals surface area contributed by atoms with Crippen LogP contribution < -0.4 is 5.32 Å². The van der Waals surface area contributed by atoms with Gasteiger partial charge in [0.1, 0.15) is 11.5 Å². The molecule has 3 aromatic heterocycles. The number of furan rings is 1. The Balaban J connectivity index is 1.96. The highest BCUT2D eigenvalue weighted by atomic mass is 16.3. The second kappa shape index (κ2) is 4.94. The zero-order valence-electron chi connectivity index (χ0n) is 13.4. The molecule has 0 spiro atoms. The zero-order valence-corrected chi connectivity index (χ0v) is 13.4. The van der Waals surface area contributed by atoms with Crippen molar-refractivity contribution in [3.63, 3.8) is 0 Å². The van der Waals surface area contributed by atoms with Crippen molar-refractivity contribution >= 4 is 17.4 Å². The van der Waals surface area contributed by atoms with E-state index in [1.54, 1.807) is 4.52 Å². The number of hydrogen-bond donors (Lipinski definition) is 1. The van der Waals surface area contributed by atoms with Crippen LogP contribution in [-0.4, -0.2) is 20.5 Å². The Morgan fingerprint density at radius 1 is 1.39 bits per heavy atom. The quantitative estimate of drug-likeness (QED) is 0.790. The van der Waals surface area contributed by atoms with Gasteiger partial charge in [0.25, 0.3) is 0 Å². The SMILES string of the molecule is CCc1ccc([C@H]2CC(=O)Nc3nn4c(C)cc(C)nc4c32)o1. The van der Waals surface area contributed by atoms with Gasteiger partial charge < -0.3 is 9.73 Å². The van der Waals surface area contributed by atoms with Crippen LogP contribution in [0, 0.1) is 13.8 Å². The number of anilines is 1. The standard InChI is InChI=1S/C17H18N4O2/c1-4-11-5-6-13(23-11)12-8-14(22)19-16-15(12)17-18-9(2)7-10(3)21(17)20-16/h5-7,12H,4,8H2,1-3H3,(H,19,20,22)/t12-/m1/s1. The number of carbonyl (C=O) groups is 1. The van der Waals surface area contributed by atoms with Gasteiger partial charge in [0.05, 0.1) is 11.5 Å². The number of nitrogens with zero attached hydrogens (tertiary/aromatic N) is 3. The molecular weight excluding hydrogens is 292 g/mol. The van der Waals surface area contributed by atoms with Crippen LogP contribution in [0.2, 0.25) is 0 Å². The lowest BCUT2D eigenvalue weighted by Crippen LogP contribution is -2.23. The molecule has 1 N–H and O–H groups in total. The Morgan fingerprint density at radius 3 is 2.96 bits per heavy atom. The predicted molar refractivity (Wildman–Crippen MR) is 85.6 cm³/mol. The summed E-state index contributed by atoms with van der Waals surface area (Å²) in [6.45, 7) is 6.00. The molecule has 1 aliphatic heterocycles. The summed E-state index contributed by atoms with van der Waals surface area (Å²) in [5, 5.41) is 7.39. The van der Waals surface area contributed by atoms with Crippen molar-refractivity contribution in [2.45, 2.75) is 39.5 Å². The molecule has 1 atom stereocenters. The molecule has 0 bridgehead atoms. The Morgan fingerprint density at radius 2 is 2.22 bits per heavy atom. The molecule has 0 unspecified atom stereocenters. The molecule has 0 saturated heterocycles. The third kappa shape index (κ3) is 2.13. The van der Waals surface area contributed by atoms with Gasteiger partial charge in [-0.1, -0.05) is 6.92 Å². The summed E-state index contributed by atoms with van der Waals surface area (Å²) in [6, 6.07) is 5.90. The second-order valence-electron chi connectivity index (χ2n) is 6.00. The van der Waals surface area contributed by atoms with Crippen molar-refractivity contribution < 1.29 is 9.21 Å². The van der Waals surface area contributed by atoms with E-state index in [9.17, 15) is 4.79 Å². The number of amides is 1. The number of nitrogens with one attached hydrogen (secondary N) is 1. The van der Waals surface area contributed by atoms with Crippen molar-refractivity contribution in [3.05, 3.63) is 46.7 Å². The first-order chi connectivity index (χ1) is 11.1. The highest BCUT2D eigenvalue weighted by Gasteiger charge is 2.34. The van der Waals surface area contributed by atoms with Gasteiger partial charge in [-0.2, -0.15) is 0 Å². The minimum Gasteiger partial charge on any atom is -0.465 e. The number of aromatic nitrogens is 3. The van der Waals surface area contributed by atoms with Crippen LogP contribution in [0.1, 0.15) is 47.7 Å². The Kier molecular flexibility index (Phi) is 3.01. The number of fused-ring (bicyclic) bond motifs is 3. The van der Waals surface area contributed by atoms with E-state index >= 15 is 0 Å². The smallest absolute Gasteiger partial charge is 0.226 e. The van der Waals surface area contributed by atoms with Crippen molar-refractivity contribution in [2.75, 3.05) is 5.32 Å². The van der Waals surface area contributed by atoms with Crippen molar-refractivity contribution in [1.29, 1.82) is 0 Å². The van der Waals surface area contributed by atoms with E-state index in [1.165, 1.54) is 0 Å². The van der Waals surface area contributed by atoms with Gasteiger partial charge in [0.15, 0.2) is 11.5 Å². The molecule has 23 heavy (non-hydrogen) atoms. The summed E-state index contributed by atoms with van der Waals surface area (Å²) in [5.41, 5.74) is 3.65. The van der Waals surface area contributed by atoms with E-state index in [-0.39, 0.29) is 11.8 Å². The minimum atomic E-state index is -0.148. The first-order valence-electron chi connectivity index (χ1n) is 7.82. The highest BCUT2D eigenvalue weighted by Crippen LogP contribution is 2.39. The molecule has 0 aromatic carbocycles. The number of aryl methyl sites for hydroxylation is 3. The third-order valence-electron chi connectivity index (χ3n) is 4.30. The maximum absolute atomic E-state index is 12.1. The molecule has 118 valence electrons. The van der Waals surface area contributed by atoms with E-state index in [4.69, 9.17) is 4.42 Å². The fraction of sp³-hybridized carbons (Fsp3) is 0.353. The maximum atomic E-state index is 12.1. The number of carbonyl (C=O) groups excluding carboxylic acids is 1. The van der Waals surface area contributed by atoms with E-state index in [2.05, 4.69) is 15.4 Å². The van der Waals surface area contributed by atoms with E-state index < -0.39 is 0 Å². The third-order valence-corrected chi connectivity index (χ3v) is 4.30.